The van der Waals surface area contributed by atoms with Crippen LogP contribution in [0, 0.1) is 11.6 Å². The summed E-state index contributed by atoms with van der Waals surface area (Å²) >= 11 is 5.69. The first-order valence-corrected chi connectivity index (χ1v) is 5.66. The van der Waals surface area contributed by atoms with Gasteiger partial charge in [0.15, 0.2) is 0 Å². The Morgan fingerprint density at radius 1 is 1.11 bits per heavy atom. The third-order valence-corrected chi connectivity index (χ3v) is 2.65. The molecule has 6 heteroatoms. The molecule has 0 heterocycles. The van der Waals surface area contributed by atoms with Crippen LogP contribution in [0.1, 0.15) is 10.4 Å². The molecule has 0 aliphatic heterocycles. The molecule has 19 heavy (non-hydrogen) atoms. The molecule has 3 nitrogen and oxygen atoms in total. The van der Waals surface area contributed by atoms with Crippen molar-refractivity contribution < 1.29 is 13.6 Å². The Balaban J connectivity index is 2.30. The number of nitrogen functional groups attached to an aromatic ring is 1. The van der Waals surface area contributed by atoms with Crippen molar-refractivity contribution in [2.75, 3.05) is 11.1 Å². The Kier molecular flexibility index (Phi) is 3.66. The number of halogens is 3. The van der Waals surface area contributed by atoms with Crippen LogP contribution in [0.3, 0.4) is 0 Å². The summed E-state index contributed by atoms with van der Waals surface area (Å²) in [6.45, 7) is 0. The molecule has 0 unspecified atom stereocenters. The number of carbonyl (C=O) groups excluding carboxylic acids is 1. The lowest BCUT2D eigenvalue weighted by atomic mass is 10.1. The van der Waals surface area contributed by atoms with E-state index in [0.29, 0.717) is 0 Å². The molecule has 0 saturated carbocycles. The van der Waals surface area contributed by atoms with Gasteiger partial charge in [-0.25, -0.2) is 8.78 Å². The molecule has 98 valence electrons. The zero-order chi connectivity index (χ0) is 14.0. The van der Waals surface area contributed by atoms with E-state index < -0.39 is 17.5 Å². The monoisotopic (exact) mass is 282 g/mol. The van der Waals surface area contributed by atoms with E-state index >= 15 is 0 Å². The molecule has 0 aliphatic rings. The maximum absolute atomic E-state index is 13.5. The highest BCUT2D eigenvalue weighted by Gasteiger charge is 2.14. The predicted octanol–water partition coefficient (Wildman–Crippen LogP) is 3.45. The molecule has 0 radical (unpaired) electrons. The summed E-state index contributed by atoms with van der Waals surface area (Å²) in [5, 5.41) is 2.50. The molecule has 0 bridgehead atoms. The molecule has 0 fully saturated rings. The van der Waals surface area contributed by atoms with Crippen molar-refractivity contribution in [3.05, 3.63) is 58.6 Å². The van der Waals surface area contributed by atoms with E-state index in [0.717, 1.165) is 12.1 Å². The third kappa shape index (κ3) is 3.00. The zero-order valence-corrected chi connectivity index (χ0v) is 10.3. The van der Waals surface area contributed by atoms with E-state index in [9.17, 15) is 13.6 Å². The number of hydrogen-bond acceptors (Lipinski definition) is 2. The minimum atomic E-state index is -0.800. The van der Waals surface area contributed by atoms with Gasteiger partial charge in [-0.05, 0) is 36.4 Å². The van der Waals surface area contributed by atoms with Crippen molar-refractivity contribution in [1.29, 1.82) is 0 Å². The number of hydrogen-bond donors (Lipinski definition) is 2. The summed E-state index contributed by atoms with van der Waals surface area (Å²) in [5.74, 6) is -2.21. The van der Waals surface area contributed by atoms with Crippen molar-refractivity contribution in [3.63, 3.8) is 0 Å². The second-order valence-corrected chi connectivity index (χ2v) is 4.25. The molecular formula is C13H9ClF2N2O. The van der Waals surface area contributed by atoms with Gasteiger partial charge in [0.2, 0.25) is 0 Å². The second-order valence-electron chi connectivity index (χ2n) is 3.82. The summed E-state index contributed by atoms with van der Waals surface area (Å²) in [5.41, 5.74) is 5.32. The van der Waals surface area contributed by atoms with Gasteiger partial charge in [-0.15, -0.1) is 0 Å². The Morgan fingerprint density at radius 2 is 1.79 bits per heavy atom. The first kappa shape index (κ1) is 13.3. The number of amides is 1. The van der Waals surface area contributed by atoms with Gasteiger partial charge >= 0.3 is 0 Å². The Hall–Kier alpha value is -2.14. The fourth-order valence-corrected chi connectivity index (χ4v) is 1.67. The van der Waals surface area contributed by atoms with Gasteiger partial charge in [-0.3, -0.25) is 4.79 Å². The minimum Gasteiger partial charge on any atom is -0.399 e. The summed E-state index contributed by atoms with van der Waals surface area (Å²) in [6, 6.07) is 7.25. The van der Waals surface area contributed by atoms with Crippen LogP contribution in [0.25, 0.3) is 0 Å². The summed E-state index contributed by atoms with van der Waals surface area (Å²) in [7, 11) is 0. The van der Waals surface area contributed by atoms with Crippen molar-refractivity contribution in [3.8, 4) is 0 Å². The highest BCUT2D eigenvalue weighted by molar-refractivity contribution is 6.31. The van der Waals surface area contributed by atoms with Gasteiger partial charge in [-0.2, -0.15) is 0 Å². The van der Waals surface area contributed by atoms with Crippen LogP contribution in [-0.4, -0.2) is 5.91 Å². The quantitative estimate of drug-likeness (QED) is 0.829. The minimum absolute atomic E-state index is 0.126. The number of nitrogens with one attached hydrogen (secondary N) is 1. The van der Waals surface area contributed by atoms with Crippen LogP contribution in [0.15, 0.2) is 36.4 Å². The van der Waals surface area contributed by atoms with Gasteiger partial charge in [-0.1, -0.05) is 11.6 Å². The molecule has 3 N–H and O–H groups in total. The van der Waals surface area contributed by atoms with E-state index in [-0.39, 0.29) is 22.0 Å². The lowest BCUT2D eigenvalue weighted by Gasteiger charge is -2.08. The number of nitrogens with two attached hydrogens (primary N) is 1. The second kappa shape index (κ2) is 5.24. The zero-order valence-electron chi connectivity index (χ0n) is 9.58. The van der Waals surface area contributed by atoms with E-state index in [4.69, 9.17) is 17.3 Å². The van der Waals surface area contributed by atoms with Crippen LogP contribution in [0.5, 0.6) is 0 Å². The third-order valence-electron chi connectivity index (χ3n) is 2.41. The fraction of sp³-hybridized carbons (Fsp3) is 0. The Bertz CT molecular complexity index is 647. The first-order valence-electron chi connectivity index (χ1n) is 5.29. The predicted molar refractivity (Wildman–Crippen MR) is 70.2 cm³/mol. The van der Waals surface area contributed by atoms with E-state index in [2.05, 4.69) is 5.32 Å². The van der Waals surface area contributed by atoms with E-state index in [1.54, 1.807) is 0 Å². The summed E-state index contributed by atoms with van der Waals surface area (Å²) in [4.78, 5) is 11.8. The molecule has 0 spiro atoms. The lowest BCUT2D eigenvalue weighted by molar-refractivity contribution is 0.102. The summed E-state index contributed by atoms with van der Waals surface area (Å²) < 4.78 is 26.9. The van der Waals surface area contributed by atoms with Gasteiger partial charge in [0.25, 0.3) is 5.91 Å². The highest BCUT2D eigenvalue weighted by Crippen LogP contribution is 2.21. The van der Waals surface area contributed by atoms with Crippen LogP contribution >= 0.6 is 11.6 Å². The molecule has 1 amide bonds. The molecule has 2 aromatic rings. The first-order chi connectivity index (χ1) is 8.97. The summed E-state index contributed by atoms with van der Waals surface area (Å²) in [6.07, 6.45) is 0. The Labute approximate surface area is 113 Å². The maximum atomic E-state index is 13.5. The van der Waals surface area contributed by atoms with Crippen molar-refractivity contribution >= 4 is 28.9 Å². The number of carbonyl (C=O) groups is 1. The molecule has 0 aromatic heterocycles. The number of anilines is 2. The van der Waals surface area contributed by atoms with Gasteiger partial charge in [0.05, 0.1) is 11.3 Å². The van der Waals surface area contributed by atoms with Crippen LogP contribution in [0.2, 0.25) is 5.02 Å². The standard InChI is InChI=1S/C13H9ClF2N2O/c14-7-1-3-11(16)12(5-7)18-13(19)9-6-8(17)2-4-10(9)15/h1-6H,17H2,(H,18,19). The van der Waals surface area contributed by atoms with Gasteiger partial charge < -0.3 is 11.1 Å². The SMILES string of the molecule is Nc1ccc(F)c(C(=O)Nc2cc(Cl)ccc2F)c1. The lowest BCUT2D eigenvalue weighted by Crippen LogP contribution is -2.15. The molecule has 2 rings (SSSR count). The maximum Gasteiger partial charge on any atom is 0.258 e. The average Bonchev–Trinajstić information content (AvgIpc) is 2.36. The van der Waals surface area contributed by atoms with Crippen LogP contribution in [-0.2, 0) is 0 Å². The molecule has 0 aliphatic carbocycles. The van der Waals surface area contributed by atoms with Crippen molar-refractivity contribution in [2.45, 2.75) is 0 Å². The normalized spacial score (nSPS) is 10.3. The molecular weight excluding hydrogens is 274 g/mol. The van der Waals surface area contributed by atoms with Gasteiger partial charge in [0.1, 0.15) is 11.6 Å². The number of rotatable bonds is 2. The topological polar surface area (TPSA) is 55.1 Å². The smallest absolute Gasteiger partial charge is 0.258 e. The highest BCUT2D eigenvalue weighted by atomic mass is 35.5. The van der Waals surface area contributed by atoms with Crippen molar-refractivity contribution in [2.24, 2.45) is 0 Å². The van der Waals surface area contributed by atoms with Gasteiger partial charge in [0, 0.05) is 10.7 Å². The van der Waals surface area contributed by atoms with Crippen molar-refractivity contribution in [1.82, 2.24) is 0 Å². The average molecular weight is 283 g/mol. The molecule has 0 atom stereocenters. The number of benzene rings is 2. The van der Waals surface area contributed by atoms with Crippen LogP contribution < -0.4 is 11.1 Å². The molecule has 2 aromatic carbocycles. The van der Waals surface area contributed by atoms with Crippen LogP contribution in [0.4, 0.5) is 20.2 Å². The van der Waals surface area contributed by atoms with E-state index in [1.807, 2.05) is 0 Å². The fourth-order valence-electron chi connectivity index (χ4n) is 1.50. The Morgan fingerprint density at radius 3 is 2.53 bits per heavy atom. The van der Waals surface area contributed by atoms with E-state index in [1.165, 1.54) is 24.3 Å². The molecule has 0 saturated heterocycles. The largest absolute Gasteiger partial charge is 0.399 e.